The zero-order chi connectivity index (χ0) is 15.9. The first-order valence-corrected chi connectivity index (χ1v) is 8.30. The molecule has 4 nitrogen and oxygen atoms in total. The van der Waals surface area contributed by atoms with Crippen molar-refractivity contribution in [2.24, 2.45) is 0 Å². The molecule has 21 heavy (non-hydrogen) atoms. The highest BCUT2D eigenvalue weighted by Crippen LogP contribution is 2.19. The Balaban J connectivity index is 2.79. The van der Waals surface area contributed by atoms with E-state index in [4.69, 9.17) is 9.84 Å². The molecule has 1 unspecified atom stereocenters. The molecule has 0 aliphatic rings. The number of hydrogen-bond donors (Lipinski definition) is 1. The van der Waals surface area contributed by atoms with E-state index < -0.39 is 0 Å². The Kier molecular flexibility index (Phi) is 7.40. The maximum absolute atomic E-state index is 5.67. The van der Waals surface area contributed by atoms with Gasteiger partial charge in [0.1, 0.15) is 0 Å². The molecule has 0 spiro atoms. The van der Waals surface area contributed by atoms with Crippen molar-refractivity contribution in [2.75, 3.05) is 13.7 Å². The number of rotatable bonds is 10. The molecule has 1 heterocycles. The van der Waals surface area contributed by atoms with Crippen LogP contribution >= 0.6 is 0 Å². The van der Waals surface area contributed by atoms with Crippen LogP contribution in [0.5, 0.6) is 0 Å². The topological polar surface area (TPSA) is 39.1 Å². The summed E-state index contributed by atoms with van der Waals surface area (Å²) in [6.07, 6.45) is 6.38. The van der Waals surface area contributed by atoms with Gasteiger partial charge in [-0.2, -0.15) is 5.10 Å². The molecule has 1 rings (SSSR count). The lowest BCUT2D eigenvalue weighted by Gasteiger charge is -2.33. The lowest BCUT2D eigenvalue weighted by molar-refractivity contribution is -0.0103. The number of nitrogens with zero attached hydrogens (tertiary/aromatic N) is 2. The lowest BCUT2D eigenvalue weighted by atomic mass is 9.94. The minimum absolute atomic E-state index is 0.201. The van der Waals surface area contributed by atoms with Crippen LogP contribution in [-0.4, -0.2) is 35.1 Å². The van der Waals surface area contributed by atoms with E-state index in [0.29, 0.717) is 6.04 Å². The van der Waals surface area contributed by atoms with Gasteiger partial charge >= 0.3 is 0 Å². The van der Waals surface area contributed by atoms with E-state index in [1.807, 2.05) is 0 Å². The zero-order valence-corrected chi connectivity index (χ0v) is 14.6. The third-order valence-electron chi connectivity index (χ3n) is 4.40. The quantitative estimate of drug-likeness (QED) is 0.717. The van der Waals surface area contributed by atoms with Crippen molar-refractivity contribution in [1.82, 2.24) is 15.1 Å². The molecule has 1 N–H and O–H groups in total. The number of aromatic nitrogens is 2. The van der Waals surface area contributed by atoms with Crippen LogP contribution in [0.4, 0.5) is 0 Å². The molecule has 0 aromatic carbocycles. The summed E-state index contributed by atoms with van der Waals surface area (Å²) in [4.78, 5) is 0. The highest BCUT2D eigenvalue weighted by Gasteiger charge is 2.29. The summed E-state index contributed by atoms with van der Waals surface area (Å²) < 4.78 is 7.79. The highest BCUT2D eigenvalue weighted by molar-refractivity contribution is 5.05. The van der Waals surface area contributed by atoms with Crippen LogP contribution in [0, 0.1) is 0 Å². The maximum Gasteiger partial charge on any atom is 0.0778 e. The van der Waals surface area contributed by atoms with E-state index in [-0.39, 0.29) is 11.6 Å². The van der Waals surface area contributed by atoms with Crippen molar-refractivity contribution in [3.05, 3.63) is 18.0 Å². The molecule has 0 fully saturated rings. The summed E-state index contributed by atoms with van der Waals surface area (Å²) in [5, 5.41) is 8.37. The molecule has 0 aliphatic heterocycles. The SMILES string of the molecule is CCCNC(Cc1ccn(C(CC)CC)n1)C(C)(C)OC. The fourth-order valence-electron chi connectivity index (χ4n) is 2.59. The minimum atomic E-state index is -0.201. The number of hydrogen-bond acceptors (Lipinski definition) is 3. The van der Waals surface area contributed by atoms with Crippen LogP contribution in [-0.2, 0) is 11.2 Å². The lowest BCUT2D eigenvalue weighted by Crippen LogP contribution is -2.49. The molecule has 0 amide bonds. The summed E-state index contributed by atoms with van der Waals surface area (Å²) in [5.74, 6) is 0. The second-order valence-electron chi connectivity index (χ2n) is 6.28. The van der Waals surface area contributed by atoms with Gasteiger partial charge in [-0.25, -0.2) is 0 Å². The van der Waals surface area contributed by atoms with Crippen LogP contribution in [0.2, 0.25) is 0 Å². The molecule has 1 atom stereocenters. The van der Waals surface area contributed by atoms with Gasteiger partial charge in [0.2, 0.25) is 0 Å². The molecule has 0 saturated heterocycles. The van der Waals surface area contributed by atoms with Gasteiger partial charge in [-0.15, -0.1) is 0 Å². The average Bonchev–Trinajstić information content (AvgIpc) is 2.93. The molecule has 1 aromatic heterocycles. The largest absolute Gasteiger partial charge is 0.377 e. The van der Waals surface area contributed by atoms with Gasteiger partial charge in [-0.3, -0.25) is 4.68 Å². The van der Waals surface area contributed by atoms with Crippen molar-refractivity contribution in [1.29, 1.82) is 0 Å². The van der Waals surface area contributed by atoms with Crippen LogP contribution in [0.15, 0.2) is 12.3 Å². The van der Waals surface area contributed by atoms with E-state index in [2.05, 4.69) is 56.9 Å². The normalized spacial score (nSPS) is 13.9. The monoisotopic (exact) mass is 295 g/mol. The predicted octanol–water partition coefficient (Wildman–Crippen LogP) is 3.58. The Bertz CT molecular complexity index is 396. The molecule has 0 saturated carbocycles. The highest BCUT2D eigenvalue weighted by atomic mass is 16.5. The van der Waals surface area contributed by atoms with E-state index in [1.165, 1.54) is 0 Å². The van der Waals surface area contributed by atoms with E-state index >= 15 is 0 Å². The summed E-state index contributed by atoms with van der Waals surface area (Å²) in [6.45, 7) is 11.9. The van der Waals surface area contributed by atoms with Crippen molar-refractivity contribution in [3.8, 4) is 0 Å². The van der Waals surface area contributed by atoms with Crippen molar-refractivity contribution in [3.63, 3.8) is 0 Å². The molecular weight excluding hydrogens is 262 g/mol. The van der Waals surface area contributed by atoms with Crippen LogP contribution in [0.3, 0.4) is 0 Å². The van der Waals surface area contributed by atoms with E-state index in [9.17, 15) is 0 Å². The zero-order valence-electron chi connectivity index (χ0n) is 14.6. The molecule has 122 valence electrons. The van der Waals surface area contributed by atoms with Gasteiger partial charge in [0.15, 0.2) is 0 Å². The summed E-state index contributed by atoms with van der Waals surface area (Å²) in [5.41, 5.74) is 0.939. The van der Waals surface area contributed by atoms with Crippen LogP contribution in [0.1, 0.15) is 65.6 Å². The molecule has 0 radical (unpaired) electrons. The van der Waals surface area contributed by atoms with Crippen LogP contribution < -0.4 is 5.32 Å². The smallest absolute Gasteiger partial charge is 0.0778 e. The standard InChI is InChI=1S/C17H33N3O/c1-7-11-18-16(17(4,5)21-6)13-14-10-12-20(19-14)15(8-2)9-3/h10,12,15-16,18H,7-9,11,13H2,1-6H3. The fourth-order valence-corrected chi connectivity index (χ4v) is 2.59. The van der Waals surface area contributed by atoms with Gasteiger partial charge in [0.05, 0.1) is 17.3 Å². The van der Waals surface area contributed by atoms with E-state index in [0.717, 1.165) is 37.9 Å². The first-order chi connectivity index (χ1) is 9.98. The number of nitrogens with one attached hydrogen (secondary N) is 1. The second-order valence-corrected chi connectivity index (χ2v) is 6.28. The van der Waals surface area contributed by atoms with Gasteiger partial charge < -0.3 is 10.1 Å². The van der Waals surface area contributed by atoms with Gasteiger partial charge in [0, 0.05) is 25.8 Å². The Morgan fingerprint density at radius 2 is 1.95 bits per heavy atom. The van der Waals surface area contributed by atoms with E-state index in [1.54, 1.807) is 7.11 Å². The maximum atomic E-state index is 5.67. The van der Waals surface area contributed by atoms with Gasteiger partial charge in [-0.05, 0) is 45.7 Å². The van der Waals surface area contributed by atoms with Crippen molar-refractivity contribution >= 4 is 0 Å². The Morgan fingerprint density at radius 3 is 2.48 bits per heavy atom. The minimum Gasteiger partial charge on any atom is -0.377 e. The predicted molar refractivity (Wildman–Crippen MR) is 88.7 cm³/mol. The summed E-state index contributed by atoms with van der Waals surface area (Å²) in [7, 11) is 1.78. The third-order valence-corrected chi connectivity index (χ3v) is 4.40. The number of ether oxygens (including phenoxy) is 1. The Labute approximate surface area is 130 Å². The molecule has 1 aromatic rings. The van der Waals surface area contributed by atoms with Crippen molar-refractivity contribution < 1.29 is 4.74 Å². The van der Waals surface area contributed by atoms with Gasteiger partial charge in [-0.1, -0.05) is 20.8 Å². The second kappa shape index (κ2) is 8.54. The average molecular weight is 295 g/mol. The first kappa shape index (κ1) is 18.2. The summed E-state index contributed by atoms with van der Waals surface area (Å²) in [6, 6.07) is 2.92. The fraction of sp³-hybridized carbons (Fsp3) is 0.824. The summed E-state index contributed by atoms with van der Waals surface area (Å²) >= 11 is 0. The Hall–Kier alpha value is -0.870. The Morgan fingerprint density at radius 1 is 1.29 bits per heavy atom. The number of methoxy groups -OCH3 is 1. The molecule has 0 aliphatic carbocycles. The third kappa shape index (κ3) is 5.11. The molecule has 0 bridgehead atoms. The van der Waals surface area contributed by atoms with Gasteiger partial charge in [0.25, 0.3) is 0 Å². The van der Waals surface area contributed by atoms with Crippen LogP contribution in [0.25, 0.3) is 0 Å². The van der Waals surface area contributed by atoms with Crippen molar-refractivity contribution in [2.45, 2.75) is 78.0 Å². The molecule has 4 heteroatoms. The first-order valence-electron chi connectivity index (χ1n) is 8.30. The molecular formula is C17H33N3O.